The quantitative estimate of drug-likeness (QED) is 0.612. The molecule has 3 heteroatoms. The van der Waals surface area contributed by atoms with Gasteiger partial charge in [-0.3, -0.25) is 0 Å². The first-order valence-electron chi connectivity index (χ1n) is 4.00. The fraction of sp³-hybridized carbons (Fsp3) is 0.400. The predicted molar refractivity (Wildman–Crippen MR) is 64.7 cm³/mol. The molecule has 0 amide bonds. The maximum atomic E-state index is 5.91. The lowest BCUT2D eigenvalue weighted by molar-refractivity contribution is 0.179. The molecule has 1 unspecified atom stereocenters. The van der Waals surface area contributed by atoms with Crippen LogP contribution in [0, 0.1) is 0 Å². The first-order chi connectivity index (χ1) is 6.06. The van der Waals surface area contributed by atoms with Crippen LogP contribution in [0.1, 0.15) is 12.5 Å². The summed E-state index contributed by atoms with van der Waals surface area (Å²) in [5.74, 6) is 0. The van der Waals surface area contributed by atoms with Crippen LogP contribution < -0.4 is 0 Å². The number of rotatable bonds is 3. The molecular formula is C10H12ClIO. The lowest BCUT2D eigenvalue weighted by Gasteiger charge is -2.22. The summed E-state index contributed by atoms with van der Waals surface area (Å²) in [6.45, 7) is 2.82. The molecular weight excluding hydrogens is 298 g/mol. The Morgan fingerprint density at radius 3 is 2.77 bits per heavy atom. The van der Waals surface area contributed by atoms with E-state index in [0.29, 0.717) is 6.61 Å². The van der Waals surface area contributed by atoms with Gasteiger partial charge in [0.05, 0.1) is 10.0 Å². The second-order valence-corrected chi connectivity index (χ2v) is 5.96. The standard InChI is InChI=1S/C10H12ClIO/c1-10(12,7-13-2)8-4-3-5-9(11)6-8/h3-6H,7H2,1-2H3. The van der Waals surface area contributed by atoms with E-state index >= 15 is 0 Å². The molecule has 1 nitrogen and oxygen atoms in total. The van der Waals surface area contributed by atoms with Gasteiger partial charge in [-0.2, -0.15) is 0 Å². The van der Waals surface area contributed by atoms with Crippen LogP contribution in [0.2, 0.25) is 5.02 Å². The van der Waals surface area contributed by atoms with Gasteiger partial charge in [-0.1, -0.05) is 46.3 Å². The summed E-state index contributed by atoms with van der Waals surface area (Å²) < 4.78 is 5.15. The summed E-state index contributed by atoms with van der Waals surface area (Å²) in [6, 6.07) is 7.89. The first-order valence-corrected chi connectivity index (χ1v) is 5.46. The Labute approximate surface area is 97.6 Å². The number of hydrogen-bond acceptors (Lipinski definition) is 1. The van der Waals surface area contributed by atoms with Crippen LogP contribution in [-0.4, -0.2) is 13.7 Å². The van der Waals surface area contributed by atoms with Gasteiger partial charge < -0.3 is 4.74 Å². The van der Waals surface area contributed by atoms with Gasteiger partial charge in [-0.05, 0) is 24.6 Å². The second-order valence-electron chi connectivity index (χ2n) is 3.14. The van der Waals surface area contributed by atoms with Crippen LogP contribution in [0.25, 0.3) is 0 Å². The van der Waals surface area contributed by atoms with Gasteiger partial charge in [-0.15, -0.1) is 0 Å². The normalized spacial score (nSPS) is 15.4. The third kappa shape index (κ3) is 3.11. The molecule has 1 atom stereocenters. The van der Waals surface area contributed by atoms with Crippen molar-refractivity contribution in [3.63, 3.8) is 0 Å². The lowest BCUT2D eigenvalue weighted by atomic mass is 10.0. The number of halogens is 2. The van der Waals surface area contributed by atoms with Crippen molar-refractivity contribution in [2.45, 2.75) is 10.3 Å². The number of alkyl halides is 1. The van der Waals surface area contributed by atoms with Gasteiger partial charge in [0.25, 0.3) is 0 Å². The molecule has 1 aromatic rings. The summed E-state index contributed by atoms with van der Waals surface area (Å²) in [4.78, 5) is 0. The van der Waals surface area contributed by atoms with E-state index < -0.39 is 0 Å². The highest BCUT2D eigenvalue weighted by Gasteiger charge is 2.22. The highest BCUT2D eigenvalue weighted by atomic mass is 127. The van der Waals surface area contributed by atoms with Crippen LogP contribution in [0.4, 0.5) is 0 Å². The summed E-state index contributed by atoms with van der Waals surface area (Å²) in [6.07, 6.45) is 0. The summed E-state index contributed by atoms with van der Waals surface area (Å²) in [7, 11) is 1.71. The zero-order valence-electron chi connectivity index (χ0n) is 7.68. The largest absolute Gasteiger partial charge is 0.383 e. The maximum Gasteiger partial charge on any atom is 0.0675 e. The molecule has 0 spiro atoms. The number of hydrogen-bond donors (Lipinski definition) is 0. The Balaban J connectivity index is 2.93. The molecule has 0 aliphatic heterocycles. The maximum absolute atomic E-state index is 5.91. The number of ether oxygens (including phenoxy) is 1. The third-order valence-electron chi connectivity index (χ3n) is 1.84. The van der Waals surface area contributed by atoms with Crippen molar-refractivity contribution >= 4 is 34.2 Å². The minimum atomic E-state index is -0.00257. The van der Waals surface area contributed by atoms with Gasteiger partial charge in [0.2, 0.25) is 0 Å². The van der Waals surface area contributed by atoms with E-state index in [1.807, 2.05) is 18.2 Å². The minimum Gasteiger partial charge on any atom is -0.383 e. The predicted octanol–water partition coefficient (Wildman–Crippen LogP) is 3.64. The smallest absolute Gasteiger partial charge is 0.0675 e. The molecule has 0 aliphatic rings. The second kappa shape index (κ2) is 4.62. The molecule has 0 aliphatic carbocycles. The molecule has 13 heavy (non-hydrogen) atoms. The molecule has 0 saturated carbocycles. The zero-order chi connectivity index (χ0) is 9.90. The van der Waals surface area contributed by atoms with Gasteiger partial charge in [0.1, 0.15) is 0 Å². The van der Waals surface area contributed by atoms with Crippen LogP contribution >= 0.6 is 34.2 Å². The molecule has 1 rings (SSSR count). The Morgan fingerprint density at radius 1 is 1.54 bits per heavy atom. The van der Waals surface area contributed by atoms with Crippen LogP contribution in [0.3, 0.4) is 0 Å². The van der Waals surface area contributed by atoms with E-state index in [1.54, 1.807) is 7.11 Å². The van der Waals surface area contributed by atoms with Crippen molar-refractivity contribution in [1.82, 2.24) is 0 Å². The molecule has 0 bridgehead atoms. The van der Waals surface area contributed by atoms with Crippen molar-refractivity contribution in [3.05, 3.63) is 34.9 Å². The van der Waals surface area contributed by atoms with Gasteiger partial charge in [0.15, 0.2) is 0 Å². The van der Waals surface area contributed by atoms with Crippen LogP contribution in [0.15, 0.2) is 24.3 Å². The summed E-state index contributed by atoms with van der Waals surface area (Å²) in [5, 5.41) is 0.775. The Kier molecular flexibility index (Phi) is 4.01. The molecule has 1 aromatic carbocycles. The van der Waals surface area contributed by atoms with E-state index in [1.165, 1.54) is 5.56 Å². The van der Waals surface area contributed by atoms with E-state index in [0.717, 1.165) is 5.02 Å². The molecule has 0 aromatic heterocycles. The van der Waals surface area contributed by atoms with E-state index in [4.69, 9.17) is 16.3 Å². The average molecular weight is 311 g/mol. The van der Waals surface area contributed by atoms with Crippen molar-refractivity contribution < 1.29 is 4.74 Å². The molecule has 72 valence electrons. The van der Waals surface area contributed by atoms with E-state index in [-0.39, 0.29) is 3.42 Å². The minimum absolute atomic E-state index is 0.00257. The number of benzene rings is 1. The fourth-order valence-corrected chi connectivity index (χ4v) is 2.00. The highest BCUT2D eigenvalue weighted by molar-refractivity contribution is 14.1. The van der Waals surface area contributed by atoms with Crippen molar-refractivity contribution in [2.24, 2.45) is 0 Å². The molecule has 0 heterocycles. The van der Waals surface area contributed by atoms with Crippen molar-refractivity contribution in [2.75, 3.05) is 13.7 Å². The zero-order valence-corrected chi connectivity index (χ0v) is 10.6. The van der Waals surface area contributed by atoms with Crippen LogP contribution in [-0.2, 0) is 8.16 Å². The van der Waals surface area contributed by atoms with E-state index in [2.05, 4.69) is 35.6 Å². The third-order valence-corrected chi connectivity index (χ3v) is 3.01. The topological polar surface area (TPSA) is 9.23 Å². The fourth-order valence-electron chi connectivity index (χ4n) is 1.17. The van der Waals surface area contributed by atoms with Gasteiger partial charge in [0, 0.05) is 12.1 Å². The molecule has 0 radical (unpaired) electrons. The molecule has 0 N–H and O–H groups in total. The Morgan fingerprint density at radius 2 is 2.23 bits per heavy atom. The number of methoxy groups -OCH3 is 1. The van der Waals surface area contributed by atoms with Crippen LogP contribution in [0.5, 0.6) is 0 Å². The van der Waals surface area contributed by atoms with Crippen molar-refractivity contribution in [1.29, 1.82) is 0 Å². The monoisotopic (exact) mass is 310 g/mol. The summed E-state index contributed by atoms with van der Waals surface area (Å²) >= 11 is 8.28. The lowest BCUT2D eigenvalue weighted by Crippen LogP contribution is -2.19. The highest BCUT2D eigenvalue weighted by Crippen LogP contribution is 2.32. The summed E-state index contributed by atoms with van der Waals surface area (Å²) in [5.41, 5.74) is 1.20. The Bertz CT molecular complexity index is 286. The average Bonchev–Trinajstić information content (AvgIpc) is 2.04. The SMILES string of the molecule is COCC(C)(I)c1cccc(Cl)c1. The first kappa shape index (κ1) is 11.3. The van der Waals surface area contributed by atoms with E-state index in [9.17, 15) is 0 Å². The van der Waals surface area contributed by atoms with Gasteiger partial charge >= 0.3 is 0 Å². The Hall–Kier alpha value is 0.200. The van der Waals surface area contributed by atoms with Gasteiger partial charge in [-0.25, -0.2) is 0 Å². The molecule has 0 fully saturated rings. The van der Waals surface area contributed by atoms with Crippen molar-refractivity contribution in [3.8, 4) is 0 Å². The molecule has 0 saturated heterocycles.